The normalized spacial score (nSPS) is 23.6. The van der Waals surface area contributed by atoms with Gasteiger partial charge in [0.05, 0.1) is 25.9 Å². The first kappa shape index (κ1) is 16.5. The molecule has 0 spiro atoms. The molecule has 4 rings (SSSR count). The number of ether oxygens (including phenoxy) is 2. The summed E-state index contributed by atoms with van der Waals surface area (Å²) in [5.41, 5.74) is 2.57. The van der Waals surface area contributed by atoms with E-state index in [4.69, 9.17) is 9.47 Å². The molecule has 5 heteroatoms. The third kappa shape index (κ3) is 2.61. The fourth-order valence-electron chi connectivity index (χ4n) is 4.09. The van der Waals surface area contributed by atoms with Gasteiger partial charge in [-0.2, -0.15) is 0 Å². The number of nitrogens with one attached hydrogen (secondary N) is 1. The number of halogens is 2. The van der Waals surface area contributed by atoms with E-state index in [1.54, 1.807) is 14.2 Å². The molecule has 2 aromatic carbocycles. The van der Waals surface area contributed by atoms with Crippen molar-refractivity contribution in [1.82, 2.24) is 0 Å². The Morgan fingerprint density at radius 3 is 2.76 bits per heavy atom. The van der Waals surface area contributed by atoms with Gasteiger partial charge in [-0.05, 0) is 36.1 Å². The molecular weight excluding hydrogens is 385 g/mol. The quantitative estimate of drug-likeness (QED) is 0.692. The molecule has 0 amide bonds. The lowest BCUT2D eigenvalue weighted by molar-refractivity contribution is 0.340. The third-order valence-electron chi connectivity index (χ3n) is 5.15. The molecule has 25 heavy (non-hydrogen) atoms. The van der Waals surface area contributed by atoms with Gasteiger partial charge >= 0.3 is 0 Å². The average molecular weight is 404 g/mol. The van der Waals surface area contributed by atoms with E-state index in [-0.39, 0.29) is 17.8 Å². The summed E-state index contributed by atoms with van der Waals surface area (Å²) in [6, 6.07) is 9.32. The van der Waals surface area contributed by atoms with E-state index in [1.807, 2.05) is 24.3 Å². The first-order chi connectivity index (χ1) is 12.1. The van der Waals surface area contributed by atoms with Gasteiger partial charge in [-0.3, -0.25) is 0 Å². The summed E-state index contributed by atoms with van der Waals surface area (Å²) in [4.78, 5) is 0. The summed E-state index contributed by atoms with van der Waals surface area (Å²) in [5.74, 6) is 1.64. The highest BCUT2D eigenvalue weighted by Gasteiger charge is 2.40. The molecule has 0 fully saturated rings. The van der Waals surface area contributed by atoms with Crippen LogP contribution in [0.4, 0.5) is 10.1 Å². The fraction of sp³-hybridized carbons (Fsp3) is 0.300. The number of allylic oxidation sites excluding steroid dienone is 2. The topological polar surface area (TPSA) is 30.5 Å². The van der Waals surface area contributed by atoms with E-state index in [9.17, 15) is 4.39 Å². The summed E-state index contributed by atoms with van der Waals surface area (Å²) in [5, 5.41) is 3.43. The maximum Gasteiger partial charge on any atom is 0.165 e. The number of methoxy groups -OCH3 is 2. The minimum atomic E-state index is -0.241. The van der Waals surface area contributed by atoms with Gasteiger partial charge in [-0.25, -0.2) is 4.39 Å². The largest absolute Gasteiger partial charge is 0.493 e. The molecule has 3 nitrogen and oxygen atoms in total. The summed E-state index contributed by atoms with van der Waals surface area (Å²) >= 11 is 3.41. The number of benzene rings is 2. The van der Waals surface area contributed by atoms with E-state index >= 15 is 0 Å². The van der Waals surface area contributed by atoms with Crippen LogP contribution in [0, 0.1) is 11.7 Å². The highest BCUT2D eigenvalue weighted by atomic mass is 79.9. The lowest BCUT2D eigenvalue weighted by Gasteiger charge is -2.38. The van der Waals surface area contributed by atoms with Gasteiger partial charge in [0.25, 0.3) is 0 Å². The predicted octanol–water partition coefficient (Wildman–Crippen LogP) is 5.43. The van der Waals surface area contributed by atoms with Gasteiger partial charge in [0.15, 0.2) is 11.5 Å². The van der Waals surface area contributed by atoms with Gasteiger partial charge in [-0.1, -0.05) is 40.2 Å². The van der Waals surface area contributed by atoms with Gasteiger partial charge in [-0.15, -0.1) is 0 Å². The summed E-state index contributed by atoms with van der Waals surface area (Å²) in [6.07, 6.45) is 5.32. The molecule has 0 saturated carbocycles. The Balaban J connectivity index is 1.85. The second-order valence-corrected chi connectivity index (χ2v) is 7.33. The highest BCUT2D eigenvalue weighted by Crippen LogP contribution is 2.53. The van der Waals surface area contributed by atoms with E-state index in [2.05, 4.69) is 33.4 Å². The Bertz CT molecular complexity index is 852. The molecule has 1 aliphatic heterocycles. The van der Waals surface area contributed by atoms with Crippen molar-refractivity contribution in [3.8, 4) is 11.5 Å². The zero-order valence-electron chi connectivity index (χ0n) is 14.1. The monoisotopic (exact) mass is 403 g/mol. The van der Waals surface area contributed by atoms with Crippen LogP contribution in [0.25, 0.3) is 0 Å². The Morgan fingerprint density at radius 2 is 2.00 bits per heavy atom. The minimum absolute atomic E-state index is 0.0479. The second kappa shape index (κ2) is 6.37. The van der Waals surface area contributed by atoms with Crippen molar-refractivity contribution in [3.63, 3.8) is 0 Å². The van der Waals surface area contributed by atoms with E-state index in [0.29, 0.717) is 23.1 Å². The van der Waals surface area contributed by atoms with Crippen molar-refractivity contribution in [3.05, 3.63) is 63.9 Å². The Hall–Kier alpha value is -2.01. The van der Waals surface area contributed by atoms with Crippen LogP contribution in [0.3, 0.4) is 0 Å². The summed E-state index contributed by atoms with van der Waals surface area (Å²) in [6.45, 7) is 0. The van der Waals surface area contributed by atoms with E-state index < -0.39 is 0 Å². The Morgan fingerprint density at radius 1 is 1.16 bits per heavy atom. The van der Waals surface area contributed by atoms with Gasteiger partial charge in [0.1, 0.15) is 5.82 Å². The van der Waals surface area contributed by atoms with Crippen molar-refractivity contribution >= 4 is 21.6 Å². The molecule has 0 saturated heterocycles. The molecule has 1 aliphatic carbocycles. The molecule has 1 heterocycles. The maximum absolute atomic E-state index is 14.6. The predicted molar refractivity (Wildman–Crippen MR) is 100.0 cm³/mol. The van der Waals surface area contributed by atoms with Crippen molar-refractivity contribution in [1.29, 1.82) is 0 Å². The maximum atomic E-state index is 14.6. The average Bonchev–Trinajstić information content (AvgIpc) is 3.10. The molecule has 1 N–H and O–H groups in total. The SMILES string of the molecule is COc1cccc([C@@H]2Nc3c(F)cc(Br)cc3[C@H]3C=CC[C@@H]32)c1OC. The number of para-hydroxylation sites is 1. The number of hydrogen-bond acceptors (Lipinski definition) is 3. The second-order valence-electron chi connectivity index (χ2n) is 6.41. The van der Waals surface area contributed by atoms with Crippen LogP contribution in [0.5, 0.6) is 11.5 Å². The smallest absolute Gasteiger partial charge is 0.165 e. The molecule has 0 radical (unpaired) electrons. The molecule has 0 bridgehead atoms. The van der Waals surface area contributed by atoms with Crippen molar-refractivity contribution in [2.24, 2.45) is 5.92 Å². The standard InChI is InChI=1S/C20H19BrFNO2/c1-24-17-8-4-7-14(20(17)25-2)18-13-6-3-5-12(13)15-9-11(21)10-16(22)19(15)23-18/h3-5,7-10,12-13,18,23H,6H2,1-2H3/t12-,13-,18+/m0/s1. The van der Waals surface area contributed by atoms with Gasteiger partial charge in [0.2, 0.25) is 0 Å². The summed E-state index contributed by atoms with van der Waals surface area (Å²) in [7, 11) is 3.27. The van der Waals surface area contributed by atoms with Crippen molar-refractivity contribution in [2.75, 3.05) is 19.5 Å². The fourth-order valence-corrected chi connectivity index (χ4v) is 4.53. The van der Waals surface area contributed by atoms with Crippen LogP contribution in [0.15, 0.2) is 47.0 Å². The van der Waals surface area contributed by atoms with E-state index in [1.165, 1.54) is 6.07 Å². The van der Waals surface area contributed by atoms with Crippen molar-refractivity contribution in [2.45, 2.75) is 18.4 Å². The molecule has 0 unspecified atom stereocenters. The first-order valence-corrected chi connectivity index (χ1v) is 9.06. The Labute approximate surface area is 155 Å². The molecule has 2 aliphatic rings. The van der Waals surface area contributed by atoms with Gasteiger partial charge in [0, 0.05) is 16.0 Å². The first-order valence-electron chi connectivity index (χ1n) is 8.27. The zero-order valence-corrected chi connectivity index (χ0v) is 15.6. The Kier molecular flexibility index (Phi) is 4.20. The lowest BCUT2D eigenvalue weighted by Crippen LogP contribution is -2.30. The zero-order chi connectivity index (χ0) is 17.6. The number of fused-ring (bicyclic) bond motifs is 3. The molecule has 0 aromatic heterocycles. The highest BCUT2D eigenvalue weighted by molar-refractivity contribution is 9.10. The van der Waals surface area contributed by atoms with Crippen LogP contribution in [-0.4, -0.2) is 14.2 Å². The van der Waals surface area contributed by atoms with Crippen LogP contribution in [0.2, 0.25) is 0 Å². The number of rotatable bonds is 3. The van der Waals surface area contributed by atoms with Gasteiger partial charge < -0.3 is 14.8 Å². The molecule has 2 aromatic rings. The molecular formula is C20H19BrFNO2. The lowest BCUT2D eigenvalue weighted by atomic mass is 9.76. The van der Waals surface area contributed by atoms with Crippen LogP contribution < -0.4 is 14.8 Å². The number of anilines is 1. The van der Waals surface area contributed by atoms with Crippen LogP contribution in [-0.2, 0) is 0 Å². The molecule has 130 valence electrons. The summed E-state index contributed by atoms with van der Waals surface area (Å²) < 4.78 is 26.5. The molecule has 3 atom stereocenters. The van der Waals surface area contributed by atoms with Crippen molar-refractivity contribution < 1.29 is 13.9 Å². The van der Waals surface area contributed by atoms with Crippen LogP contribution >= 0.6 is 15.9 Å². The number of hydrogen-bond donors (Lipinski definition) is 1. The van der Waals surface area contributed by atoms with Crippen LogP contribution in [0.1, 0.15) is 29.5 Å². The third-order valence-corrected chi connectivity index (χ3v) is 5.61. The minimum Gasteiger partial charge on any atom is -0.493 e. The van der Waals surface area contributed by atoms with E-state index in [0.717, 1.165) is 22.0 Å².